The molecule has 0 saturated carbocycles. The summed E-state index contributed by atoms with van der Waals surface area (Å²) in [6.45, 7) is 4.52. The molecule has 2 amide bonds. The Morgan fingerprint density at radius 3 is 2.63 bits per heavy atom. The summed E-state index contributed by atoms with van der Waals surface area (Å²) in [6.07, 6.45) is 3.52. The maximum Gasteiger partial charge on any atom is 0.246 e. The van der Waals surface area contributed by atoms with Gasteiger partial charge in [0.2, 0.25) is 11.8 Å². The van der Waals surface area contributed by atoms with Crippen LogP contribution in [0.25, 0.3) is 16.8 Å². The third kappa shape index (κ3) is 4.75. The second-order valence-electron chi connectivity index (χ2n) is 7.37. The molecule has 0 spiro atoms. The van der Waals surface area contributed by atoms with Gasteiger partial charge in [0.1, 0.15) is 5.76 Å². The Morgan fingerprint density at radius 2 is 1.87 bits per heavy atom. The summed E-state index contributed by atoms with van der Waals surface area (Å²) >= 11 is 0. The Bertz CT molecular complexity index is 1080. The van der Waals surface area contributed by atoms with Crippen LogP contribution in [0.2, 0.25) is 0 Å². The van der Waals surface area contributed by atoms with Crippen LogP contribution in [0.1, 0.15) is 11.3 Å². The third-order valence-corrected chi connectivity index (χ3v) is 5.18. The zero-order valence-electron chi connectivity index (χ0n) is 16.9. The molecule has 1 saturated heterocycles. The van der Waals surface area contributed by atoms with E-state index in [2.05, 4.69) is 28.7 Å². The predicted octanol–water partition coefficient (Wildman–Crippen LogP) is 2.93. The van der Waals surface area contributed by atoms with E-state index < -0.39 is 0 Å². The van der Waals surface area contributed by atoms with E-state index in [4.69, 9.17) is 4.52 Å². The molecule has 0 atom stereocenters. The minimum absolute atomic E-state index is 0.00916. The highest BCUT2D eigenvalue weighted by Gasteiger charge is 2.21. The summed E-state index contributed by atoms with van der Waals surface area (Å²) in [4.78, 5) is 28.6. The minimum Gasteiger partial charge on any atom is -0.360 e. The number of nitrogens with one attached hydrogen (secondary N) is 1. The van der Waals surface area contributed by atoms with Gasteiger partial charge in [-0.3, -0.25) is 14.5 Å². The van der Waals surface area contributed by atoms with Crippen molar-refractivity contribution in [1.82, 2.24) is 15.0 Å². The predicted molar refractivity (Wildman–Crippen MR) is 116 cm³/mol. The quantitative estimate of drug-likeness (QED) is 0.662. The number of hydrogen-bond acceptors (Lipinski definition) is 5. The van der Waals surface area contributed by atoms with Gasteiger partial charge in [-0.25, -0.2) is 0 Å². The van der Waals surface area contributed by atoms with E-state index in [1.54, 1.807) is 19.1 Å². The van der Waals surface area contributed by atoms with E-state index >= 15 is 0 Å². The Kier molecular flexibility index (Phi) is 5.90. The molecule has 30 heavy (non-hydrogen) atoms. The number of carbonyl (C=O) groups is 2. The zero-order valence-corrected chi connectivity index (χ0v) is 16.9. The number of amides is 2. The lowest BCUT2D eigenvalue weighted by Crippen LogP contribution is -2.50. The standard InChI is InChI=1S/C23H24N4O3/c1-17-15-21(25-30-17)24-22(28)16-26-11-13-27(14-12-26)23(29)10-9-19-7-4-6-18-5-2-3-8-20(18)19/h2-10,15H,11-14,16H2,1H3,(H,24,25,28)/b10-9+. The Hall–Kier alpha value is -3.45. The summed E-state index contributed by atoms with van der Waals surface area (Å²) in [5, 5.41) is 8.76. The smallest absolute Gasteiger partial charge is 0.246 e. The van der Waals surface area contributed by atoms with Crippen molar-refractivity contribution in [2.75, 3.05) is 38.0 Å². The average Bonchev–Trinajstić information content (AvgIpc) is 3.16. The lowest BCUT2D eigenvalue weighted by Gasteiger charge is -2.33. The maximum absolute atomic E-state index is 12.6. The molecule has 1 aliphatic heterocycles. The van der Waals surface area contributed by atoms with Crippen LogP contribution in [0.15, 0.2) is 59.1 Å². The highest BCUT2D eigenvalue weighted by Crippen LogP contribution is 2.19. The molecule has 0 unspecified atom stereocenters. The Balaban J connectivity index is 1.29. The fourth-order valence-electron chi connectivity index (χ4n) is 3.60. The third-order valence-electron chi connectivity index (χ3n) is 5.18. The van der Waals surface area contributed by atoms with Crippen LogP contribution in [-0.2, 0) is 9.59 Å². The first-order valence-corrected chi connectivity index (χ1v) is 9.99. The van der Waals surface area contributed by atoms with Gasteiger partial charge < -0.3 is 14.7 Å². The fraction of sp³-hybridized carbons (Fsp3) is 0.261. The molecule has 0 radical (unpaired) electrons. The second kappa shape index (κ2) is 8.92. The molecular weight excluding hydrogens is 380 g/mol. The fourth-order valence-corrected chi connectivity index (χ4v) is 3.60. The van der Waals surface area contributed by atoms with Crippen LogP contribution in [0, 0.1) is 6.92 Å². The first kappa shape index (κ1) is 19.8. The summed E-state index contributed by atoms with van der Waals surface area (Å²) in [7, 11) is 0. The molecule has 4 rings (SSSR count). The van der Waals surface area contributed by atoms with Gasteiger partial charge in [-0.1, -0.05) is 47.6 Å². The van der Waals surface area contributed by atoms with Gasteiger partial charge in [-0.15, -0.1) is 0 Å². The van der Waals surface area contributed by atoms with Crippen molar-refractivity contribution in [3.8, 4) is 0 Å². The van der Waals surface area contributed by atoms with Crippen LogP contribution in [0.5, 0.6) is 0 Å². The molecular formula is C23H24N4O3. The number of benzene rings is 2. The van der Waals surface area contributed by atoms with E-state index in [1.807, 2.05) is 40.1 Å². The van der Waals surface area contributed by atoms with Gasteiger partial charge in [0.05, 0.1) is 6.54 Å². The lowest BCUT2D eigenvalue weighted by molar-refractivity contribution is -0.127. The molecule has 154 valence electrons. The Labute approximate surface area is 174 Å². The van der Waals surface area contributed by atoms with Crippen molar-refractivity contribution in [3.63, 3.8) is 0 Å². The van der Waals surface area contributed by atoms with Crippen LogP contribution in [-0.4, -0.2) is 59.5 Å². The number of anilines is 1. The summed E-state index contributed by atoms with van der Waals surface area (Å²) in [5.74, 6) is 0.919. The van der Waals surface area contributed by atoms with E-state index in [0.29, 0.717) is 37.8 Å². The highest BCUT2D eigenvalue weighted by atomic mass is 16.5. The van der Waals surface area contributed by atoms with Gasteiger partial charge >= 0.3 is 0 Å². The molecule has 7 heteroatoms. The molecule has 0 bridgehead atoms. The number of aryl methyl sites for hydroxylation is 1. The molecule has 1 aliphatic rings. The average molecular weight is 404 g/mol. The molecule has 7 nitrogen and oxygen atoms in total. The summed E-state index contributed by atoms with van der Waals surface area (Å²) in [6, 6.07) is 15.9. The van der Waals surface area contributed by atoms with E-state index in [-0.39, 0.29) is 18.4 Å². The highest BCUT2D eigenvalue weighted by molar-refractivity contribution is 5.96. The number of hydrogen-bond donors (Lipinski definition) is 1. The lowest BCUT2D eigenvalue weighted by atomic mass is 10.0. The SMILES string of the molecule is Cc1cc(NC(=O)CN2CCN(C(=O)/C=C/c3cccc4ccccc34)CC2)no1. The van der Waals surface area contributed by atoms with Gasteiger partial charge in [0.15, 0.2) is 5.82 Å². The zero-order chi connectivity index (χ0) is 20.9. The van der Waals surface area contributed by atoms with Gasteiger partial charge in [-0.2, -0.15) is 0 Å². The molecule has 2 heterocycles. The van der Waals surface area contributed by atoms with Crippen molar-refractivity contribution in [2.24, 2.45) is 0 Å². The monoisotopic (exact) mass is 404 g/mol. The van der Waals surface area contributed by atoms with E-state index in [9.17, 15) is 9.59 Å². The van der Waals surface area contributed by atoms with Crippen molar-refractivity contribution in [1.29, 1.82) is 0 Å². The minimum atomic E-state index is -0.140. The van der Waals surface area contributed by atoms with Gasteiger partial charge in [0, 0.05) is 38.3 Å². The number of aromatic nitrogens is 1. The van der Waals surface area contributed by atoms with Crippen molar-refractivity contribution < 1.29 is 14.1 Å². The van der Waals surface area contributed by atoms with Crippen molar-refractivity contribution >= 4 is 34.5 Å². The summed E-state index contributed by atoms with van der Waals surface area (Å²) in [5.41, 5.74) is 1.03. The summed E-state index contributed by atoms with van der Waals surface area (Å²) < 4.78 is 4.95. The van der Waals surface area contributed by atoms with Crippen LogP contribution in [0.4, 0.5) is 5.82 Å². The van der Waals surface area contributed by atoms with Gasteiger partial charge in [-0.05, 0) is 29.3 Å². The normalized spacial score (nSPS) is 15.0. The number of nitrogens with zero attached hydrogens (tertiary/aromatic N) is 3. The molecule has 1 N–H and O–H groups in total. The van der Waals surface area contributed by atoms with Gasteiger partial charge in [0.25, 0.3) is 0 Å². The number of fused-ring (bicyclic) bond motifs is 1. The Morgan fingerprint density at radius 1 is 1.10 bits per heavy atom. The van der Waals surface area contributed by atoms with Crippen LogP contribution in [0.3, 0.4) is 0 Å². The molecule has 1 aromatic heterocycles. The second-order valence-corrected chi connectivity index (χ2v) is 7.37. The maximum atomic E-state index is 12.6. The molecule has 3 aromatic rings. The van der Waals surface area contributed by atoms with Crippen molar-refractivity contribution in [3.05, 3.63) is 65.9 Å². The van der Waals surface area contributed by atoms with Crippen molar-refractivity contribution in [2.45, 2.75) is 6.92 Å². The first-order chi connectivity index (χ1) is 14.6. The van der Waals surface area contributed by atoms with Crippen LogP contribution >= 0.6 is 0 Å². The molecule has 1 fully saturated rings. The van der Waals surface area contributed by atoms with Crippen LogP contribution < -0.4 is 5.32 Å². The van der Waals surface area contributed by atoms with E-state index in [1.165, 1.54) is 0 Å². The first-order valence-electron chi connectivity index (χ1n) is 9.99. The topological polar surface area (TPSA) is 78.7 Å². The number of carbonyl (C=O) groups excluding carboxylic acids is 2. The number of piperazine rings is 1. The largest absolute Gasteiger partial charge is 0.360 e. The van der Waals surface area contributed by atoms with E-state index in [0.717, 1.165) is 16.3 Å². The number of rotatable bonds is 5. The molecule has 0 aliphatic carbocycles. The molecule has 2 aromatic carbocycles.